The van der Waals surface area contributed by atoms with Gasteiger partial charge >= 0.3 is 0 Å². The molecule has 0 radical (unpaired) electrons. The van der Waals surface area contributed by atoms with Crippen LogP contribution in [0.2, 0.25) is 5.02 Å². The minimum absolute atomic E-state index is 0. The van der Waals surface area contributed by atoms with Gasteiger partial charge in [-0.15, -0.1) is 12.4 Å². The van der Waals surface area contributed by atoms with E-state index in [-0.39, 0.29) is 36.7 Å². The predicted octanol–water partition coefficient (Wildman–Crippen LogP) is 3.36. The molecule has 7 heteroatoms. The molecule has 27 heavy (non-hydrogen) atoms. The summed E-state index contributed by atoms with van der Waals surface area (Å²) in [6.07, 6.45) is 0.176. The van der Waals surface area contributed by atoms with Gasteiger partial charge in [0.1, 0.15) is 0 Å². The lowest BCUT2D eigenvalue weighted by molar-refractivity contribution is -0.138. The summed E-state index contributed by atoms with van der Waals surface area (Å²) in [6, 6.07) is 15.0. The monoisotopic (exact) mass is 405 g/mol. The molecule has 0 aliphatic carbocycles. The Labute approximate surface area is 169 Å². The molecule has 0 saturated carbocycles. The van der Waals surface area contributed by atoms with Crippen LogP contribution in [0.25, 0.3) is 0 Å². The number of halogens is 2. The van der Waals surface area contributed by atoms with Crippen molar-refractivity contribution in [1.82, 2.24) is 10.2 Å². The van der Waals surface area contributed by atoms with Crippen LogP contribution in [0.3, 0.4) is 0 Å². The van der Waals surface area contributed by atoms with Crippen molar-refractivity contribution < 1.29 is 9.59 Å². The van der Waals surface area contributed by atoms with E-state index in [1.54, 1.807) is 0 Å². The average Bonchev–Trinajstić information content (AvgIpc) is 2.67. The van der Waals surface area contributed by atoms with E-state index in [0.29, 0.717) is 18.1 Å². The molecule has 2 aromatic rings. The van der Waals surface area contributed by atoms with Crippen LogP contribution in [-0.4, -0.2) is 36.3 Å². The molecule has 2 aromatic carbocycles. The van der Waals surface area contributed by atoms with Crippen molar-refractivity contribution in [3.8, 4) is 0 Å². The van der Waals surface area contributed by atoms with Crippen LogP contribution >= 0.6 is 24.0 Å². The molecule has 1 fully saturated rings. The van der Waals surface area contributed by atoms with Gasteiger partial charge in [-0.3, -0.25) is 9.59 Å². The second-order valence-corrected chi connectivity index (χ2v) is 7.07. The third kappa shape index (κ3) is 3.81. The number of nitrogens with one attached hydrogen (secondary N) is 2. The van der Waals surface area contributed by atoms with Crippen molar-refractivity contribution in [2.24, 2.45) is 0 Å². The van der Waals surface area contributed by atoms with E-state index in [9.17, 15) is 9.59 Å². The molecule has 2 unspecified atom stereocenters. The lowest BCUT2D eigenvalue weighted by Crippen LogP contribution is -2.50. The predicted molar refractivity (Wildman–Crippen MR) is 108 cm³/mol. The first-order valence-corrected chi connectivity index (χ1v) is 9.17. The third-order valence-electron chi connectivity index (χ3n) is 5.09. The third-order valence-corrected chi connectivity index (χ3v) is 5.43. The van der Waals surface area contributed by atoms with Gasteiger partial charge in [-0.2, -0.15) is 0 Å². The van der Waals surface area contributed by atoms with Gasteiger partial charge in [0.15, 0.2) is 0 Å². The van der Waals surface area contributed by atoms with Crippen LogP contribution in [-0.2, 0) is 9.59 Å². The van der Waals surface area contributed by atoms with Crippen molar-refractivity contribution in [2.75, 3.05) is 25.0 Å². The van der Waals surface area contributed by atoms with Crippen LogP contribution in [0.4, 0.5) is 5.69 Å². The van der Waals surface area contributed by atoms with Crippen LogP contribution in [0.15, 0.2) is 48.5 Å². The molecule has 5 nitrogen and oxygen atoms in total. The van der Waals surface area contributed by atoms with E-state index in [4.69, 9.17) is 11.6 Å². The number of anilines is 1. The maximum atomic E-state index is 13.4. The number of nitrogens with zero attached hydrogens (tertiary/aromatic N) is 1. The Hall–Kier alpha value is -2.08. The van der Waals surface area contributed by atoms with E-state index >= 15 is 0 Å². The first-order valence-electron chi connectivity index (χ1n) is 8.79. The summed E-state index contributed by atoms with van der Waals surface area (Å²) in [7, 11) is 0. The Kier molecular flexibility index (Phi) is 6.05. The Morgan fingerprint density at radius 2 is 1.78 bits per heavy atom. The zero-order valence-electron chi connectivity index (χ0n) is 14.7. The van der Waals surface area contributed by atoms with Gasteiger partial charge in [-0.25, -0.2) is 0 Å². The molecule has 0 aromatic heterocycles. The molecule has 0 bridgehead atoms. The van der Waals surface area contributed by atoms with Crippen LogP contribution < -0.4 is 10.6 Å². The van der Waals surface area contributed by atoms with Gasteiger partial charge in [-0.05, 0) is 23.3 Å². The smallest absolute Gasteiger partial charge is 0.231 e. The molecule has 4 rings (SSSR count). The molecule has 2 atom stereocenters. The van der Waals surface area contributed by atoms with Gasteiger partial charge in [0.25, 0.3) is 0 Å². The number of rotatable bonds is 2. The van der Waals surface area contributed by atoms with Crippen molar-refractivity contribution in [3.63, 3.8) is 0 Å². The second kappa shape index (κ2) is 8.30. The first kappa shape index (κ1) is 19.7. The zero-order chi connectivity index (χ0) is 18.1. The largest absolute Gasteiger partial charge is 0.332 e. The molecular formula is C20H21Cl2N3O2. The van der Waals surface area contributed by atoms with Crippen molar-refractivity contribution in [3.05, 3.63) is 64.7 Å². The van der Waals surface area contributed by atoms with E-state index in [0.717, 1.165) is 23.4 Å². The fraction of sp³-hybridized carbons (Fsp3) is 0.300. The Balaban J connectivity index is 0.00000210. The minimum atomic E-state index is -0.456. The van der Waals surface area contributed by atoms with Gasteiger partial charge in [0, 0.05) is 36.8 Å². The zero-order valence-corrected chi connectivity index (χ0v) is 16.2. The van der Waals surface area contributed by atoms with Gasteiger partial charge < -0.3 is 15.5 Å². The summed E-state index contributed by atoms with van der Waals surface area (Å²) in [5.41, 5.74) is 2.54. The van der Waals surface area contributed by atoms with Crippen LogP contribution in [0.1, 0.15) is 29.5 Å². The van der Waals surface area contributed by atoms with E-state index < -0.39 is 5.92 Å². The highest BCUT2D eigenvalue weighted by molar-refractivity contribution is 6.31. The molecule has 1 saturated heterocycles. The summed E-state index contributed by atoms with van der Waals surface area (Å²) in [4.78, 5) is 27.4. The Morgan fingerprint density at radius 1 is 1.07 bits per heavy atom. The standard InChI is InChI=1S/C20H20ClN3O2.ClH/c21-16-7-3-1-6-14(16)18-12-22-9-10-24(18)20(26)15-11-19(25)23-17-8-4-2-5-13(15)17;/h1-8,15,18,22H,9-12H2,(H,23,25);1H. The van der Waals surface area contributed by atoms with E-state index in [1.807, 2.05) is 53.4 Å². The first-order chi connectivity index (χ1) is 12.6. The highest BCUT2D eigenvalue weighted by atomic mass is 35.5. The molecule has 0 spiro atoms. The number of piperazine rings is 1. The number of amides is 2. The highest BCUT2D eigenvalue weighted by Gasteiger charge is 2.37. The van der Waals surface area contributed by atoms with Crippen molar-refractivity contribution >= 4 is 41.5 Å². The normalized spacial score (nSPS) is 21.7. The molecule has 2 aliphatic heterocycles. The molecule has 2 amide bonds. The van der Waals surface area contributed by atoms with Crippen molar-refractivity contribution in [1.29, 1.82) is 0 Å². The molecule has 142 valence electrons. The second-order valence-electron chi connectivity index (χ2n) is 6.67. The minimum Gasteiger partial charge on any atom is -0.332 e. The number of para-hydroxylation sites is 1. The highest BCUT2D eigenvalue weighted by Crippen LogP contribution is 2.36. The molecule has 2 aliphatic rings. The number of hydrogen-bond acceptors (Lipinski definition) is 3. The number of carbonyl (C=O) groups excluding carboxylic acids is 2. The van der Waals surface area contributed by atoms with E-state index in [1.165, 1.54) is 0 Å². The maximum absolute atomic E-state index is 13.4. The fourth-order valence-corrected chi connectivity index (χ4v) is 4.08. The van der Waals surface area contributed by atoms with Crippen LogP contribution in [0, 0.1) is 0 Å². The SMILES string of the molecule is Cl.O=C1CC(C(=O)N2CCNCC2c2ccccc2Cl)c2ccccc2N1. The molecule has 2 N–H and O–H groups in total. The Morgan fingerprint density at radius 3 is 2.56 bits per heavy atom. The number of fused-ring (bicyclic) bond motifs is 1. The van der Waals surface area contributed by atoms with Gasteiger partial charge in [0.05, 0.1) is 12.0 Å². The average molecular weight is 406 g/mol. The fourth-order valence-electron chi connectivity index (χ4n) is 3.82. The summed E-state index contributed by atoms with van der Waals surface area (Å²) < 4.78 is 0. The Bertz CT molecular complexity index is 859. The van der Waals surface area contributed by atoms with Crippen LogP contribution in [0.5, 0.6) is 0 Å². The quantitative estimate of drug-likeness (QED) is 0.804. The van der Waals surface area contributed by atoms with Crippen molar-refractivity contribution in [2.45, 2.75) is 18.4 Å². The number of hydrogen-bond donors (Lipinski definition) is 2. The van der Waals surface area contributed by atoms with Gasteiger partial charge in [-0.1, -0.05) is 48.0 Å². The maximum Gasteiger partial charge on any atom is 0.231 e. The lowest BCUT2D eigenvalue weighted by atomic mass is 9.88. The summed E-state index contributed by atoms with van der Waals surface area (Å²) in [6.45, 7) is 1.97. The lowest BCUT2D eigenvalue weighted by Gasteiger charge is -2.39. The summed E-state index contributed by atoms with van der Waals surface area (Å²) in [5.74, 6) is -0.590. The van der Waals surface area contributed by atoms with Gasteiger partial charge in [0.2, 0.25) is 11.8 Å². The van der Waals surface area contributed by atoms with E-state index in [2.05, 4.69) is 10.6 Å². The number of carbonyl (C=O) groups is 2. The number of benzene rings is 2. The summed E-state index contributed by atoms with van der Waals surface area (Å²) in [5, 5.41) is 6.85. The molecular weight excluding hydrogens is 385 g/mol. The molecule has 2 heterocycles. The summed E-state index contributed by atoms with van der Waals surface area (Å²) >= 11 is 6.39. The topological polar surface area (TPSA) is 61.4 Å².